The van der Waals surface area contributed by atoms with Crippen molar-refractivity contribution in [1.82, 2.24) is 10.2 Å². The molecule has 0 saturated carbocycles. The summed E-state index contributed by atoms with van der Waals surface area (Å²) < 4.78 is 0. The van der Waals surface area contributed by atoms with Crippen molar-refractivity contribution in [3.63, 3.8) is 0 Å². The van der Waals surface area contributed by atoms with Gasteiger partial charge in [-0.15, -0.1) is 0 Å². The quantitative estimate of drug-likeness (QED) is 0.669. The van der Waals surface area contributed by atoms with E-state index in [0.717, 1.165) is 19.4 Å². The van der Waals surface area contributed by atoms with Crippen molar-refractivity contribution < 1.29 is 9.72 Å². The number of hydrogen-bond donors (Lipinski definition) is 1. The Labute approximate surface area is 117 Å². The molecule has 1 unspecified atom stereocenters. The van der Waals surface area contributed by atoms with E-state index in [1.807, 2.05) is 0 Å². The zero-order chi connectivity index (χ0) is 14.5. The lowest BCUT2D eigenvalue weighted by atomic mass is 9.98. The molecule has 1 aliphatic rings. The number of benzene rings is 1. The van der Waals surface area contributed by atoms with Gasteiger partial charge in [-0.1, -0.05) is 18.2 Å². The molecule has 0 bridgehead atoms. The van der Waals surface area contributed by atoms with Gasteiger partial charge in [0.15, 0.2) is 0 Å². The van der Waals surface area contributed by atoms with Gasteiger partial charge in [0.25, 0.3) is 5.69 Å². The van der Waals surface area contributed by atoms with Gasteiger partial charge in [-0.3, -0.25) is 14.9 Å². The molecule has 6 heteroatoms. The maximum atomic E-state index is 12.3. The third kappa shape index (κ3) is 3.33. The Morgan fingerprint density at radius 3 is 2.90 bits per heavy atom. The molecule has 0 aromatic heterocycles. The van der Waals surface area contributed by atoms with Crippen molar-refractivity contribution in [2.75, 3.05) is 20.1 Å². The van der Waals surface area contributed by atoms with Gasteiger partial charge in [0.05, 0.1) is 17.4 Å². The largest absolute Gasteiger partial charge is 0.341 e. The van der Waals surface area contributed by atoms with Crippen molar-refractivity contribution in [2.45, 2.75) is 19.4 Å². The van der Waals surface area contributed by atoms with Gasteiger partial charge in [0.2, 0.25) is 5.91 Å². The summed E-state index contributed by atoms with van der Waals surface area (Å²) in [4.78, 5) is 24.4. The smallest absolute Gasteiger partial charge is 0.274 e. The van der Waals surface area contributed by atoms with Crippen LogP contribution in [0.3, 0.4) is 0 Å². The number of rotatable bonds is 4. The molecule has 0 aliphatic carbocycles. The van der Waals surface area contributed by atoms with Crippen LogP contribution in [0.2, 0.25) is 0 Å². The number of nitro benzene ring substituents is 1. The van der Waals surface area contributed by atoms with Crippen LogP contribution in [-0.4, -0.2) is 35.9 Å². The highest BCUT2D eigenvalue weighted by atomic mass is 16.6. The van der Waals surface area contributed by atoms with Gasteiger partial charge < -0.3 is 10.2 Å². The summed E-state index contributed by atoms with van der Waals surface area (Å²) in [5, 5.41) is 14.2. The monoisotopic (exact) mass is 277 g/mol. The molecule has 1 fully saturated rings. The zero-order valence-corrected chi connectivity index (χ0v) is 11.5. The lowest BCUT2D eigenvalue weighted by molar-refractivity contribution is -0.385. The molecular weight excluding hydrogens is 258 g/mol. The molecule has 1 heterocycles. The van der Waals surface area contributed by atoms with Crippen LogP contribution in [0.25, 0.3) is 0 Å². The molecule has 1 aromatic rings. The number of nitrogens with one attached hydrogen (secondary N) is 1. The second kappa shape index (κ2) is 6.47. The summed E-state index contributed by atoms with van der Waals surface area (Å²) in [6.07, 6.45) is 1.88. The Bertz CT molecular complexity index is 498. The van der Waals surface area contributed by atoms with Gasteiger partial charge in [0.1, 0.15) is 0 Å². The summed E-state index contributed by atoms with van der Waals surface area (Å²) in [6, 6.07) is 6.55. The van der Waals surface area contributed by atoms with Crippen LogP contribution in [0, 0.1) is 16.0 Å². The molecule has 0 radical (unpaired) electrons. The van der Waals surface area contributed by atoms with E-state index in [2.05, 4.69) is 5.32 Å². The molecule has 2 rings (SSSR count). The average Bonchev–Trinajstić information content (AvgIpc) is 2.47. The third-order valence-corrected chi connectivity index (χ3v) is 3.62. The minimum Gasteiger partial charge on any atom is -0.341 e. The van der Waals surface area contributed by atoms with Crippen LogP contribution in [0.15, 0.2) is 24.3 Å². The Hall–Kier alpha value is -1.95. The molecule has 1 saturated heterocycles. The van der Waals surface area contributed by atoms with Crippen LogP contribution in [-0.2, 0) is 11.3 Å². The number of nitrogens with zero attached hydrogens (tertiary/aromatic N) is 2. The minimum absolute atomic E-state index is 0.0171. The Morgan fingerprint density at radius 1 is 1.50 bits per heavy atom. The Morgan fingerprint density at radius 2 is 2.25 bits per heavy atom. The summed E-state index contributed by atoms with van der Waals surface area (Å²) >= 11 is 0. The van der Waals surface area contributed by atoms with E-state index < -0.39 is 4.92 Å². The minimum atomic E-state index is -0.407. The maximum Gasteiger partial charge on any atom is 0.274 e. The van der Waals surface area contributed by atoms with Gasteiger partial charge in [-0.2, -0.15) is 0 Å². The molecule has 1 aliphatic heterocycles. The molecule has 1 atom stereocenters. The van der Waals surface area contributed by atoms with Gasteiger partial charge in [0, 0.05) is 25.2 Å². The highest BCUT2D eigenvalue weighted by Crippen LogP contribution is 2.20. The summed E-state index contributed by atoms with van der Waals surface area (Å²) in [7, 11) is 1.70. The SMILES string of the molecule is CN(Cc1ccccc1[N+](=O)[O-])C(=O)C1CCCNC1. The van der Waals surface area contributed by atoms with Gasteiger partial charge >= 0.3 is 0 Å². The van der Waals surface area contributed by atoms with Crippen LogP contribution in [0.4, 0.5) is 5.69 Å². The first-order valence-corrected chi connectivity index (χ1v) is 6.77. The van der Waals surface area contributed by atoms with Gasteiger partial charge in [-0.05, 0) is 19.4 Å². The highest BCUT2D eigenvalue weighted by Gasteiger charge is 2.25. The topological polar surface area (TPSA) is 75.5 Å². The maximum absolute atomic E-state index is 12.3. The van der Waals surface area contributed by atoms with Crippen molar-refractivity contribution in [3.8, 4) is 0 Å². The van der Waals surface area contributed by atoms with E-state index in [1.54, 1.807) is 30.1 Å². The third-order valence-electron chi connectivity index (χ3n) is 3.62. The first kappa shape index (κ1) is 14.5. The fourth-order valence-electron chi connectivity index (χ4n) is 2.53. The number of hydrogen-bond acceptors (Lipinski definition) is 4. The van der Waals surface area contributed by atoms with E-state index in [1.165, 1.54) is 6.07 Å². The Balaban J connectivity index is 2.05. The summed E-state index contributed by atoms with van der Waals surface area (Å²) in [6.45, 7) is 1.92. The molecule has 0 spiro atoms. The number of para-hydroxylation sites is 1. The molecule has 108 valence electrons. The van der Waals surface area contributed by atoms with E-state index >= 15 is 0 Å². The number of carbonyl (C=O) groups excluding carboxylic acids is 1. The van der Waals surface area contributed by atoms with Crippen molar-refractivity contribution >= 4 is 11.6 Å². The summed E-state index contributed by atoms with van der Waals surface area (Å²) in [5.74, 6) is 0.0341. The van der Waals surface area contributed by atoms with Crippen LogP contribution < -0.4 is 5.32 Å². The fourth-order valence-corrected chi connectivity index (χ4v) is 2.53. The van der Waals surface area contributed by atoms with Crippen molar-refractivity contribution in [1.29, 1.82) is 0 Å². The van der Waals surface area contributed by atoms with E-state index in [-0.39, 0.29) is 24.1 Å². The highest BCUT2D eigenvalue weighted by molar-refractivity contribution is 5.79. The molecule has 1 amide bonds. The standard InChI is InChI=1S/C14H19N3O3/c1-16(14(18)11-6-4-8-15-9-11)10-12-5-2-3-7-13(12)17(19)20/h2-3,5,7,11,15H,4,6,8-10H2,1H3. The van der Waals surface area contributed by atoms with Crippen molar-refractivity contribution in [3.05, 3.63) is 39.9 Å². The lowest BCUT2D eigenvalue weighted by Crippen LogP contribution is -2.41. The first-order valence-electron chi connectivity index (χ1n) is 6.77. The molecular formula is C14H19N3O3. The first-order chi connectivity index (χ1) is 9.59. The average molecular weight is 277 g/mol. The van der Waals surface area contributed by atoms with Crippen LogP contribution in [0.1, 0.15) is 18.4 Å². The fraction of sp³-hybridized carbons (Fsp3) is 0.500. The molecule has 1 aromatic carbocycles. The second-order valence-corrected chi connectivity index (χ2v) is 5.12. The van der Waals surface area contributed by atoms with Gasteiger partial charge in [-0.25, -0.2) is 0 Å². The molecule has 20 heavy (non-hydrogen) atoms. The number of carbonyl (C=O) groups is 1. The van der Waals surface area contributed by atoms with Crippen LogP contribution >= 0.6 is 0 Å². The zero-order valence-electron chi connectivity index (χ0n) is 11.5. The van der Waals surface area contributed by atoms with Crippen LogP contribution in [0.5, 0.6) is 0 Å². The second-order valence-electron chi connectivity index (χ2n) is 5.12. The Kier molecular flexibility index (Phi) is 4.68. The summed E-state index contributed by atoms with van der Waals surface area (Å²) in [5.41, 5.74) is 0.631. The predicted molar refractivity (Wildman–Crippen MR) is 75.2 cm³/mol. The number of amides is 1. The van der Waals surface area contributed by atoms with E-state index in [0.29, 0.717) is 12.1 Å². The van der Waals surface area contributed by atoms with E-state index in [4.69, 9.17) is 0 Å². The lowest BCUT2D eigenvalue weighted by Gasteiger charge is -2.27. The normalized spacial score (nSPS) is 18.6. The molecule has 1 N–H and O–H groups in total. The van der Waals surface area contributed by atoms with E-state index in [9.17, 15) is 14.9 Å². The van der Waals surface area contributed by atoms with Crippen molar-refractivity contribution in [2.24, 2.45) is 5.92 Å². The number of nitro groups is 1. The molecule has 6 nitrogen and oxygen atoms in total. The number of piperidine rings is 1. The predicted octanol–water partition coefficient (Wildman–Crippen LogP) is 1.55.